The lowest BCUT2D eigenvalue weighted by molar-refractivity contribution is 0.180. The first kappa shape index (κ1) is 47.3. The van der Waals surface area contributed by atoms with Gasteiger partial charge in [-0.15, -0.1) is 12.4 Å². The summed E-state index contributed by atoms with van der Waals surface area (Å²) < 4.78 is 56.5. The molecule has 4 aromatic carbocycles. The van der Waals surface area contributed by atoms with Gasteiger partial charge in [0.05, 0.1) is 9.79 Å². The zero-order chi connectivity index (χ0) is 41.2. The zero-order valence-corrected chi connectivity index (χ0v) is 38.1. The average Bonchev–Trinajstić information content (AvgIpc) is 3.19. The SMILES string of the molecule is CCCN(CCC)[C@H]1CCc2cc(NS(=O)(=O)c3ccc(C(C)C)cc3)ccc2C1.CCCN[C@H]1CCc2cc(NS(=O)(=O)c3ccc(C(C)C)cc3)ccc2C1.Cl. The lowest BCUT2D eigenvalue weighted by atomic mass is 9.87. The molecule has 6 rings (SSSR count). The second-order valence-corrected chi connectivity index (χ2v) is 19.8. The predicted octanol–water partition coefficient (Wildman–Crippen LogP) is 10.5. The van der Waals surface area contributed by atoms with E-state index in [-0.39, 0.29) is 12.4 Å². The topological polar surface area (TPSA) is 108 Å². The molecule has 0 unspecified atom stereocenters. The molecule has 0 aliphatic heterocycles. The Balaban J connectivity index is 0.000000254. The van der Waals surface area contributed by atoms with Crippen LogP contribution in [0.3, 0.4) is 0 Å². The monoisotopic (exact) mass is 850 g/mol. The van der Waals surface area contributed by atoms with Gasteiger partial charge in [-0.1, -0.05) is 84.9 Å². The van der Waals surface area contributed by atoms with Gasteiger partial charge < -0.3 is 10.2 Å². The molecule has 2 aliphatic carbocycles. The molecule has 0 fully saturated rings. The summed E-state index contributed by atoms with van der Waals surface area (Å²) in [7, 11) is -7.15. The molecule has 0 spiro atoms. The summed E-state index contributed by atoms with van der Waals surface area (Å²) >= 11 is 0. The molecule has 58 heavy (non-hydrogen) atoms. The summed E-state index contributed by atoms with van der Waals surface area (Å²) in [5, 5.41) is 3.59. The Hall–Kier alpha value is -3.41. The number of hydrogen-bond acceptors (Lipinski definition) is 6. The first-order valence-corrected chi connectivity index (χ1v) is 24.2. The summed E-state index contributed by atoms with van der Waals surface area (Å²) in [4.78, 5) is 3.23. The average molecular weight is 852 g/mol. The van der Waals surface area contributed by atoms with Crippen LogP contribution in [0.25, 0.3) is 0 Å². The Labute approximate surface area is 356 Å². The molecule has 0 bridgehead atoms. The molecule has 318 valence electrons. The van der Waals surface area contributed by atoms with E-state index in [4.69, 9.17) is 0 Å². The van der Waals surface area contributed by atoms with Crippen LogP contribution in [-0.2, 0) is 45.7 Å². The van der Waals surface area contributed by atoms with Crippen molar-refractivity contribution in [1.29, 1.82) is 0 Å². The van der Waals surface area contributed by atoms with Crippen molar-refractivity contribution in [2.45, 2.75) is 140 Å². The molecule has 8 nitrogen and oxygen atoms in total. The van der Waals surface area contributed by atoms with Gasteiger partial charge in [-0.3, -0.25) is 9.44 Å². The van der Waals surface area contributed by atoms with Crippen LogP contribution in [0.15, 0.2) is 94.7 Å². The summed E-state index contributed by atoms with van der Waals surface area (Å²) in [5.41, 5.74) is 8.76. The Morgan fingerprint density at radius 2 is 1.03 bits per heavy atom. The number of anilines is 2. The van der Waals surface area contributed by atoms with Gasteiger partial charge in [0.25, 0.3) is 20.0 Å². The van der Waals surface area contributed by atoms with Crippen LogP contribution < -0.4 is 14.8 Å². The Morgan fingerprint density at radius 3 is 1.47 bits per heavy atom. The van der Waals surface area contributed by atoms with E-state index >= 15 is 0 Å². The van der Waals surface area contributed by atoms with E-state index < -0.39 is 20.0 Å². The maximum Gasteiger partial charge on any atom is 0.261 e. The molecule has 0 amide bonds. The number of sulfonamides is 2. The molecule has 0 saturated carbocycles. The maximum absolute atomic E-state index is 12.8. The third-order valence-electron chi connectivity index (χ3n) is 11.3. The minimum atomic E-state index is -3.58. The largest absolute Gasteiger partial charge is 0.314 e. The van der Waals surface area contributed by atoms with Crippen LogP contribution >= 0.6 is 12.4 Å². The van der Waals surface area contributed by atoms with Crippen LogP contribution in [-0.4, -0.2) is 53.5 Å². The number of benzene rings is 4. The van der Waals surface area contributed by atoms with E-state index in [0.717, 1.165) is 75.7 Å². The Kier molecular flexibility index (Phi) is 17.7. The third-order valence-corrected chi connectivity index (χ3v) is 14.1. The standard InChI is InChI=1S/C25H36N2O2S.C22H30N2O2S.ClH/c1-5-15-27(16-6-2)24-12-8-21-17-23(11-7-22(21)18-24)26-30(28,29)25-13-9-20(10-14-25)19(3)4;1-4-13-23-20-9-5-19-15-21(10-6-18(19)14-20)24-27(25,26)22-11-7-17(8-12-22)16(2)3;/h7,9-11,13-14,17,19,24,26H,5-6,8,12,15-16,18H2,1-4H3;6-8,10-12,15-16,20,23-24H,4-5,9,13-14H2,1-3H3;1H/t24-;20-;/m00./s1. The molecule has 0 saturated heterocycles. The smallest absolute Gasteiger partial charge is 0.261 e. The van der Waals surface area contributed by atoms with E-state index in [0.29, 0.717) is 45.1 Å². The van der Waals surface area contributed by atoms with Gasteiger partial charge >= 0.3 is 0 Å². The Morgan fingerprint density at radius 1 is 0.586 bits per heavy atom. The van der Waals surface area contributed by atoms with Crippen molar-refractivity contribution in [2.24, 2.45) is 0 Å². The molecule has 0 radical (unpaired) electrons. The lowest BCUT2D eigenvalue weighted by Crippen LogP contribution is -2.40. The van der Waals surface area contributed by atoms with Crippen molar-refractivity contribution >= 4 is 43.8 Å². The summed E-state index contributed by atoms with van der Waals surface area (Å²) in [5.74, 6) is 0.760. The molecular formula is C47H67ClN4O4S2. The van der Waals surface area contributed by atoms with Gasteiger partial charge in [0.2, 0.25) is 0 Å². The Bertz CT molecular complexity index is 2120. The fourth-order valence-electron chi connectivity index (χ4n) is 8.00. The van der Waals surface area contributed by atoms with E-state index in [1.165, 1.54) is 35.1 Å². The molecule has 3 N–H and O–H groups in total. The fourth-order valence-corrected chi connectivity index (χ4v) is 10.1. The predicted molar refractivity (Wildman–Crippen MR) is 245 cm³/mol. The number of rotatable bonds is 16. The number of halogens is 1. The normalized spacial score (nSPS) is 16.5. The number of fused-ring (bicyclic) bond motifs is 2. The van der Waals surface area contributed by atoms with Crippen molar-refractivity contribution in [3.63, 3.8) is 0 Å². The van der Waals surface area contributed by atoms with Gasteiger partial charge in [0, 0.05) is 23.5 Å². The van der Waals surface area contributed by atoms with Crippen molar-refractivity contribution < 1.29 is 16.8 Å². The number of aryl methyl sites for hydroxylation is 2. The van der Waals surface area contributed by atoms with E-state index in [1.54, 1.807) is 24.3 Å². The third kappa shape index (κ3) is 12.8. The van der Waals surface area contributed by atoms with Crippen LogP contribution in [0.4, 0.5) is 11.4 Å². The van der Waals surface area contributed by atoms with Crippen LogP contribution in [0.1, 0.15) is 126 Å². The summed E-state index contributed by atoms with van der Waals surface area (Å²) in [6, 6.07) is 27.4. The van der Waals surface area contributed by atoms with Gasteiger partial charge in [-0.25, -0.2) is 16.8 Å². The lowest BCUT2D eigenvalue weighted by Gasteiger charge is -2.35. The van der Waals surface area contributed by atoms with Gasteiger partial charge in [-0.05, 0) is 171 Å². The first-order chi connectivity index (χ1) is 27.2. The van der Waals surface area contributed by atoms with E-state index in [2.05, 4.69) is 80.3 Å². The highest BCUT2D eigenvalue weighted by molar-refractivity contribution is 7.93. The van der Waals surface area contributed by atoms with Gasteiger partial charge in [-0.2, -0.15) is 0 Å². The molecule has 0 heterocycles. The summed E-state index contributed by atoms with van der Waals surface area (Å²) in [6.45, 7) is 18.4. The maximum atomic E-state index is 12.8. The second kappa shape index (κ2) is 21.7. The minimum Gasteiger partial charge on any atom is -0.314 e. The quantitative estimate of drug-likeness (QED) is 0.104. The number of hydrogen-bond donors (Lipinski definition) is 3. The van der Waals surface area contributed by atoms with E-state index in [1.807, 2.05) is 48.5 Å². The van der Waals surface area contributed by atoms with Crippen LogP contribution in [0, 0.1) is 0 Å². The van der Waals surface area contributed by atoms with Crippen molar-refractivity contribution in [3.05, 3.63) is 118 Å². The first-order valence-electron chi connectivity index (χ1n) is 21.2. The van der Waals surface area contributed by atoms with Crippen LogP contribution in [0.5, 0.6) is 0 Å². The molecule has 4 aromatic rings. The fraction of sp³-hybridized carbons (Fsp3) is 0.489. The second-order valence-electron chi connectivity index (χ2n) is 16.5. The zero-order valence-electron chi connectivity index (χ0n) is 35.7. The van der Waals surface area contributed by atoms with Gasteiger partial charge in [0.1, 0.15) is 0 Å². The summed E-state index contributed by atoms with van der Waals surface area (Å²) in [6.07, 6.45) is 9.79. The number of nitrogens with zero attached hydrogens (tertiary/aromatic N) is 1. The molecule has 11 heteroatoms. The molecular weight excluding hydrogens is 784 g/mol. The highest BCUT2D eigenvalue weighted by atomic mass is 35.5. The molecule has 2 aliphatic rings. The van der Waals surface area contributed by atoms with Crippen molar-refractivity contribution in [2.75, 3.05) is 29.1 Å². The molecule has 0 aromatic heterocycles. The van der Waals surface area contributed by atoms with Crippen molar-refractivity contribution in [1.82, 2.24) is 10.2 Å². The van der Waals surface area contributed by atoms with Crippen LogP contribution in [0.2, 0.25) is 0 Å². The van der Waals surface area contributed by atoms with Gasteiger partial charge in [0.15, 0.2) is 0 Å². The highest BCUT2D eigenvalue weighted by Gasteiger charge is 2.25. The highest BCUT2D eigenvalue weighted by Crippen LogP contribution is 2.30. The minimum absolute atomic E-state index is 0. The van der Waals surface area contributed by atoms with Crippen molar-refractivity contribution in [3.8, 4) is 0 Å². The van der Waals surface area contributed by atoms with E-state index in [9.17, 15) is 16.8 Å². The molecule has 2 atom stereocenters. The number of nitrogens with one attached hydrogen (secondary N) is 3.